The van der Waals surface area contributed by atoms with Gasteiger partial charge in [-0.2, -0.15) is 0 Å². The summed E-state index contributed by atoms with van der Waals surface area (Å²) in [5, 5.41) is 10.1. The van der Waals surface area contributed by atoms with Crippen molar-refractivity contribution in [3.05, 3.63) is 71.0 Å². The van der Waals surface area contributed by atoms with Crippen LogP contribution in [0.25, 0.3) is 28.4 Å². The first-order chi connectivity index (χ1) is 18.4. The van der Waals surface area contributed by atoms with Gasteiger partial charge >= 0.3 is 5.97 Å². The molecule has 0 bridgehead atoms. The molecule has 4 aromatic rings. The largest absolute Gasteiger partial charge is 0.497 e. The molecule has 5 rings (SSSR count). The molecule has 0 fully saturated rings. The zero-order valence-electron chi connectivity index (χ0n) is 21.1. The lowest BCUT2D eigenvalue weighted by Crippen LogP contribution is -2.01. The van der Waals surface area contributed by atoms with E-state index in [-0.39, 0.29) is 23.7 Å². The number of benzene rings is 3. The van der Waals surface area contributed by atoms with Gasteiger partial charge in [-0.25, -0.2) is 0 Å². The third kappa shape index (κ3) is 4.17. The number of allylic oxidation sites excluding steroid dienone is 1. The molecular formula is C29H24O9. The molecule has 9 nitrogen and oxygen atoms in total. The highest BCUT2D eigenvalue weighted by Crippen LogP contribution is 2.45. The van der Waals surface area contributed by atoms with Crippen LogP contribution in [0.3, 0.4) is 0 Å². The van der Waals surface area contributed by atoms with E-state index in [0.29, 0.717) is 62.0 Å². The van der Waals surface area contributed by atoms with Gasteiger partial charge in [0.2, 0.25) is 5.78 Å². The summed E-state index contributed by atoms with van der Waals surface area (Å²) in [7, 11) is 6.09. The number of Topliss-reactive ketones (excluding diaryl/α,β-unsaturated/α-hetero) is 1. The Labute approximate surface area is 217 Å². The van der Waals surface area contributed by atoms with E-state index in [4.69, 9.17) is 28.1 Å². The lowest BCUT2D eigenvalue weighted by atomic mass is 10.00. The third-order valence-electron chi connectivity index (χ3n) is 6.29. The van der Waals surface area contributed by atoms with E-state index in [2.05, 4.69) is 0 Å². The molecule has 0 saturated heterocycles. The number of carbonyl (C=O) groups excluding carboxylic acids is 1. The van der Waals surface area contributed by atoms with E-state index < -0.39 is 5.97 Å². The van der Waals surface area contributed by atoms with E-state index in [9.17, 15) is 14.7 Å². The Hall–Kier alpha value is -4.92. The number of ketones is 1. The predicted molar refractivity (Wildman–Crippen MR) is 139 cm³/mol. The highest BCUT2D eigenvalue weighted by atomic mass is 16.5. The maximum atomic E-state index is 13.4. The van der Waals surface area contributed by atoms with Gasteiger partial charge < -0.3 is 33.2 Å². The zero-order valence-corrected chi connectivity index (χ0v) is 21.1. The summed E-state index contributed by atoms with van der Waals surface area (Å²) in [5.41, 5.74) is 2.32. The van der Waals surface area contributed by atoms with Crippen LogP contribution >= 0.6 is 0 Å². The Morgan fingerprint density at radius 3 is 2.21 bits per heavy atom. The number of methoxy groups -OCH3 is 4. The number of carboxylic acid groups (broad SMARTS) is 1. The van der Waals surface area contributed by atoms with Crippen LogP contribution in [0.2, 0.25) is 0 Å². The van der Waals surface area contributed by atoms with Crippen molar-refractivity contribution in [2.45, 2.75) is 6.42 Å². The molecule has 0 amide bonds. The number of hydrogen-bond acceptors (Lipinski definition) is 8. The molecule has 1 aliphatic heterocycles. The molecule has 0 aliphatic carbocycles. The third-order valence-corrected chi connectivity index (χ3v) is 6.29. The van der Waals surface area contributed by atoms with Gasteiger partial charge in [0.25, 0.3) is 0 Å². The molecular weight excluding hydrogens is 492 g/mol. The number of furan rings is 1. The van der Waals surface area contributed by atoms with Crippen LogP contribution in [0, 0.1) is 0 Å². The van der Waals surface area contributed by atoms with Crippen LogP contribution in [0.1, 0.15) is 21.5 Å². The van der Waals surface area contributed by atoms with Crippen molar-refractivity contribution in [3.63, 3.8) is 0 Å². The van der Waals surface area contributed by atoms with E-state index in [1.54, 1.807) is 61.7 Å². The van der Waals surface area contributed by atoms with E-state index in [0.717, 1.165) is 0 Å². The first-order valence-electron chi connectivity index (χ1n) is 11.6. The second-order valence-corrected chi connectivity index (χ2v) is 8.41. The fourth-order valence-electron chi connectivity index (χ4n) is 4.49. The molecule has 3 aromatic carbocycles. The molecule has 0 unspecified atom stereocenters. The first kappa shape index (κ1) is 24.8. The average Bonchev–Trinajstić information content (AvgIpc) is 3.45. The van der Waals surface area contributed by atoms with Gasteiger partial charge in [0, 0.05) is 22.8 Å². The molecule has 0 saturated carbocycles. The predicted octanol–water partition coefficient (Wildman–Crippen LogP) is 5.38. The van der Waals surface area contributed by atoms with Crippen molar-refractivity contribution >= 4 is 28.8 Å². The highest BCUT2D eigenvalue weighted by molar-refractivity contribution is 6.18. The molecule has 0 spiro atoms. The van der Waals surface area contributed by atoms with Gasteiger partial charge in [-0.3, -0.25) is 9.59 Å². The smallest absolute Gasteiger partial charge is 0.307 e. The van der Waals surface area contributed by atoms with Gasteiger partial charge in [-0.05, 0) is 48.5 Å². The van der Waals surface area contributed by atoms with Crippen molar-refractivity contribution in [1.29, 1.82) is 0 Å². The molecule has 0 atom stereocenters. The van der Waals surface area contributed by atoms with Crippen LogP contribution in [-0.2, 0) is 11.2 Å². The first-order valence-corrected chi connectivity index (χ1v) is 11.6. The lowest BCUT2D eigenvalue weighted by Gasteiger charge is -2.12. The summed E-state index contributed by atoms with van der Waals surface area (Å²) in [6, 6.07) is 13.7. The Kier molecular flexibility index (Phi) is 6.42. The molecule has 2 heterocycles. The van der Waals surface area contributed by atoms with Crippen molar-refractivity contribution < 1.29 is 42.8 Å². The molecule has 1 aromatic heterocycles. The maximum absolute atomic E-state index is 13.4. The van der Waals surface area contributed by atoms with E-state index >= 15 is 0 Å². The summed E-state index contributed by atoms with van der Waals surface area (Å²) in [5.74, 6) is 1.30. The summed E-state index contributed by atoms with van der Waals surface area (Å²) < 4.78 is 33.6. The number of carboxylic acids is 1. The maximum Gasteiger partial charge on any atom is 0.307 e. The lowest BCUT2D eigenvalue weighted by molar-refractivity contribution is -0.136. The highest BCUT2D eigenvalue weighted by Gasteiger charge is 2.33. The molecule has 1 aliphatic rings. The molecule has 38 heavy (non-hydrogen) atoms. The monoisotopic (exact) mass is 516 g/mol. The Morgan fingerprint density at radius 1 is 0.895 bits per heavy atom. The van der Waals surface area contributed by atoms with Crippen LogP contribution in [0.15, 0.2) is 58.7 Å². The molecule has 194 valence electrons. The summed E-state index contributed by atoms with van der Waals surface area (Å²) in [6.45, 7) is 0. The minimum absolute atomic E-state index is 0.0477. The topological polar surface area (TPSA) is 114 Å². The summed E-state index contributed by atoms with van der Waals surface area (Å²) >= 11 is 0. The normalized spacial score (nSPS) is 13.4. The number of rotatable bonds is 8. The Balaban J connectivity index is 1.65. The minimum atomic E-state index is -1.05. The van der Waals surface area contributed by atoms with Gasteiger partial charge in [-0.15, -0.1) is 0 Å². The van der Waals surface area contributed by atoms with Crippen LogP contribution in [0.5, 0.6) is 28.7 Å². The molecule has 9 heteroatoms. The molecule has 1 N–H and O–H groups in total. The van der Waals surface area contributed by atoms with Crippen LogP contribution in [0.4, 0.5) is 0 Å². The van der Waals surface area contributed by atoms with Gasteiger partial charge in [-0.1, -0.05) is 0 Å². The van der Waals surface area contributed by atoms with E-state index in [1.807, 2.05) is 0 Å². The fourth-order valence-corrected chi connectivity index (χ4v) is 4.49. The number of aliphatic carboxylic acids is 1. The SMILES string of the molecule is COc1ccc(-c2oc3ccc4c(c3c2CC(=O)O)OC(=Cc2cc(OC)c(OC)cc2OC)C4=O)cc1. The zero-order chi connectivity index (χ0) is 27.0. The van der Waals surface area contributed by atoms with Gasteiger partial charge in [0.05, 0.1) is 45.8 Å². The van der Waals surface area contributed by atoms with Gasteiger partial charge in [0.15, 0.2) is 17.3 Å². The Bertz CT molecular complexity index is 1590. The molecule has 0 radical (unpaired) electrons. The Morgan fingerprint density at radius 2 is 1.58 bits per heavy atom. The average molecular weight is 517 g/mol. The number of hydrogen-bond donors (Lipinski definition) is 1. The van der Waals surface area contributed by atoms with Crippen molar-refractivity contribution in [1.82, 2.24) is 0 Å². The van der Waals surface area contributed by atoms with Gasteiger partial charge in [0.1, 0.15) is 28.6 Å². The minimum Gasteiger partial charge on any atom is -0.497 e. The number of carbonyl (C=O) groups is 2. The number of ether oxygens (including phenoxy) is 5. The van der Waals surface area contributed by atoms with Crippen LogP contribution in [-0.4, -0.2) is 45.3 Å². The van der Waals surface area contributed by atoms with E-state index in [1.165, 1.54) is 21.3 Å². The van der Waals surface area contributed by atoms with Crippen molar-refractivity contribution in [2.24, 2.45) is 0 Å². The summed E-state index contributed by atoms with van der Waals surface area (Å²) in [4.78, 5) is 25.2. The summed E-state index contributed by atoms with van der Waals surface area (Å²) in [6.07, 6.45) is 1.22. The van der Waals surface area contributed by atoms with Crippen LogP contribution < -0.4 is 23.7 Å². The number of fused-ring (bicyclic) bond motifs is 3. The second kappa shape index (κ2) is 9.85. The fraction of sp³-hybridized carbons (Fsp3) is 0.172. The van der Waals surface area contributed by atoms with Crippen molar-refractivity contribution in [3.8, 4) is 40.1 Å². The van der Waals surface area contributed by atoms with Crippen molar-refractivity contribution in [2.75, 3.05) is 28.4 Å². The quantitative estimate of drug-likeness (QED) is 0.308. The standard InChI is InChI=1S/C29H24O9/c1-33-17-7-5-15(6-8-17)28-19(13-25(30)31)26-20(37-28)10-9-18-27(32)24(38-29(18)26)12-16-11-22(35-3)23(36-4)14-21(16)34-2/h5-12,14H,13H2,1-4H3,(H,30,31). The second-order valence-electron chi connectivity index (χ2n) is 8.41.